The molecule has 0 aromatic heterocycles. The number of Topliss-reactive ketones (excluding diaryl/α,β-unsaturated/α-hetero) is 1. The molecule has 5 aromatic carbocycles. The molecular weight excluding hydrogens is 459 g/mol. The minimum Gasteiger partial charge on any atom is -0.497 e. The molecule has 0 heterocycles. The van der Waals surface area contributed by atoms with Crippen molar-refractivity contribution in [1.82, 2.24) is 0 Å². The topological polar surface area (TPSA) is 26.3 Å². The van der Waals surface area contributed by atoms with Gasteiger partial charge in [-0.05, 0) is 51.9 Å². The molecule has 176 valence electrons. The lowest BCUT2D eigenvalue weighted by molar-refractivity contribution is 0.107. The Bertz CT molecular complexity index is 1400. The van der Waals surface area contributed by atoms with Gasteiger partial charge in [-0.3, -0.25) is 4.79 Å². The van der Waals surface area contributed by atoms with E-state index in [1.54, 1.807) is 7.11 Å². The van der Waals surface area contributed by atoms with Crippen molar-refractivity contribution in [1.29, 1.82) is 0 Å². The summed E-state index contributed by atoms with van der Waals surface area (Å²) < 4.78 is 5.33. The minimum atomic E-state index is -2.39. The van der Waals surface area contributed by atoms with Crippen molar-refractivity contribution in [3.8, 4) is 16.9 Å². The molecule has 5 aromatic rings. The Morgan fingerprint density at radius 1 is 0.583 bits per heavy atom. The van der Waals surface area contributed by atoms with E-state index in [0.29, 0.717) is 5.56 Å². The predicted molar refractivity (Wildman–Crippen MR) is 154 cm³/mol. The Kier molecular flexibility index (Phi) is 6.98. The number of hydrogen-bond acceptors (Lipinski definition) is 2. The summed E-state index contributed by atoms with van der Waals surface area (Å²) in [6.07, 6.45) is 0. The smallest absolute Gasteiger partial charge is 0.187 e. The maximum Gasteiger partial charge on any atom is 0.187 e. The van der Waals surface area contributed by atoms with Crippen LogP contribution in [0.4, 0.5) is 0 Å². The zero-order chi connectivity index (χ0) is 24.8. The van der Waals surface area contributed by atoms with Crippen LogP contribution >= 0.6 is 6.89 Å². The maximum absolute atomic E-state index is 14.2. The lowest BCUT2D eigenvalue weighted by Gasteiger charge is -2.28. The molecular formula is C33H27O2P. The lowest BCUT2D eigenvalue weighted by Crippen LogP contribution is -2.28. The Morgan fingerprint density at radius 2 is 1.03 bits per heavy atom. The molecule has 0 bridgehead atoms. The van der Waals surface area contributed by atoms with Gasteiger partial charge in [0.15, 0.2) is 5.78 Å². The van der Waals surface area contributed by atoms with E-state index in [1.807, 2.05) is 72.5 Å². The van der Waals surface area contributed by atoms with Crippen molar-refractivity contribution in [2.24, 2.45) is 0 Å². The fourth-order valence-electron chi connectivity index (χ4n) is 4.63. The first-order valence-corrected chi connectivity index (χ1v) is 13.8. The molecule has 0 saturated heterocycles. The van der Waals surface area contributed by atoms with Crippen LogP contribution in [0.1, 0.15) is 10.4 Å². The third kappa shape index (κ3) is 4.56. The maximum atomic E-state index is 14.2. The fourth-order valence-corrected chi connectivity index (χ4v) is 8.39. The van der Waals surface area contributed by atoms with Crippen LogP contribution in [0, 0.1) is 0 Å². The van der Waals surface area contributed by atoms with E-state index in [-0.39, 0.29) is 5.78 Å². The summed E-state index contributed by atoms with van der Waals surface area (Å²) >= 11 is 0. The second kappa shape index (κ2) is 10.6. The summed E-state index contributed by atoms with van der Waals surface area (Å²) in [5, 5.41) is 3.45. The van der Waals surface area contributed by atoms with Crippen molar-refractivity contribution in [2.75, 3.05) is 7.11 Å². The number of carbonyl (C=O) groups excluding carboxylic acids is 1. The highest BCUT2D eigenvalue weighted by molar-refractivity contribution is 7.95. The Balaban J connectivity index is 1.77. The number of rotatable bonds is 7. The first-order valence-electron chi connectivity index (χ1n) is 11.9. The molecule has 3 heteroatoms. The van der Waals surface area contributed by atoms with Crippen LogP contribution in [0.25, 0.3) is 11.1 Å². The number of ether oxygens (including phenoxy) is 1. The van der Waals surface area contributed by atoms with Gasteiger partial charge in [-0.1, -0.05) is 127 Å². The van der Waals surface area contributed by atoms with Gasteiger partial charge in [0.2, 0.25) is 0 Å². The van der Waals surface area contributed by atoms with Crippen LogP contribution < -0.4 is 20.7 Å². The molecule has 0 saturated carbocycles. The van der Waals surface area contributed by atoms with Crippen LogP contribution in [-0.2, 0) is 0 Å². The summed E-state index contributed by atoms with van der Waals surface area (Å²) in [5.41, 5.74) is 2.58. The van der Waals surface area contributed by atoms with Crippen molar-refractivity contribution in [3.05, 3.63) is 145 Å². The molecule has 0 amide bonds. The van der Waals surface area contributed by atoms with Crippen LogP contribution in [0.5, 0.6) is 5.75 Å². The summed E-state index contributed by atoms with van der Waals surface area (Å²) in [4.78, 5) is 14.2. The summed E-state index contributed by atoms with van der Waals surface area (Å²) in [5.74, 6) is 2.80. The minimum absolute atomic E-state index is 0.0197. The van der Waals surface area contributed by atoms with Crippen LogP contribution in [0.2, 0.25) is 0 Å². The third-order valence-electron chi connectivity index (χ3n) is 6.39. The van der Waals surface area contributed by atoms with Gasteiger partial charge < -0.3 is 4.74 Å². The van der Waals surface area contributed by atoms with E-state index >= 15 is 0 Å². The molecule has 0 aliphatic rings. The molecule has 0 spiro atoms. The second-order valence-electron chi connectivity index (χ2n) is 8.50. The van der Waals surface area contributed by atoms with Gasteiger partial charge in [0.25, 0.3) is 0 Å². The van der Waals surface area contributed by atoms with Crippen LogP contribution in [-0.4, -0.2) is 18.7 Å². The average molecular weight is 487 g/mol. The molecule has 0 unspecified atom stereocenters. The molecule has 0 aliphatic heterocycles. The molecule has 2 nitrogen and oxygen atoms in total. The first kappa shape index (κ1) is 23.6. The highest BCUT2D eigenvalue weighted by atomic mass is 31.2. The summed E-state index contributed by atoms with van der Waals surface area (Å²) in [6.45, 7) is -2.39. The standard InChI is InChI=1S/C33H27O2P/c1-35-27-23-21-26(22-24-27)31-19-11-12-20-32(31)33(34)25-36(28-13-5-2-6-14-28,29-15-7-3-8-16-29)30-17-9-4-10-18-30/h2-25H,1H3. The van der Waals surface area contributed by atoms with E-state index in [0.717, 1.165) is 32.8 Å². The fraction of sp³-hybridized carbons (Fsp3) is 0.0303. The van der Waals surface area contributed by atoms with Gasteiger partial charge in [-0.25, -0.2) is 0 Å². The normalized spacial score (nSPS) is 11.0. The third-order valence-corrected chi connectivity index (χ3v) is 10.4. The van der Waals surface area contributed by atoms with Crippen LogP contribution in [0.15, 0.2) is 140 Å². The van der Waals surface area contributed by atoms with Gasteiger partial charge in [-0.2, -0.15) is 0 Å². The Labute approximate surface area is 212 Å². The van der Waals surface area contributed by atoms with E-state index in [4.69, 9.17) is 4.74 Å². The molecule has 0 aliphatic carbocycles. The highest BCUT2D eigenvalue weighted by Crippen LogP contribution is 2.44. The van der Waals surface area contributed by atoms with Crippen molar-refractivity contribution in [3.63, 3.8) is 0 Å². The SMILES string of the molecule is COc1ccc(-c2ccccc2C(=O)C=P(c2ccccc2)(c2ccccc2)c2ccccc2)cc1. The van der Waals surface area contributed by atoms with E-state index in [2.05, 4.69) is 72.8 Å². The van der Waals surface area contributed by atoms with Gasteiger partial charge >= 0.3 is 0 Å². The predicted octanol–water partition coefficient (Wildman–Crippen LogP) is 6.34. The van der Waals surface area contributed by atoms with Gasteiger partial charge in [-0.15, -0.1) is 0 Å². The van der Waals surface area contributed by atoms with Crippen LogP contribution in [0.3, 0.4) is 0 Å². The molecule has 36 heavy (non-hydrogen) atoms. The largest absolute Gasteiger partial charge is 0.497 e. The molecule has 0 radical (unpaired) electrons. The van der Waals surface area contributed by atoms with E-state index in [9.17, 15) is 4.79 Å². The number of carbonyl (C=O) groups is 1. The molecule has 0 fully saturated rings. The number of hydrogen-bond donors (Lipinski definition) is 0. The zero-order valence-electron chi connectivity index (χ0n) is 20.1. The second-order valence-corrected chi connectivity index (χ2v) is 11.7. The summed E-state index contributed by atoms with van der Waals surface area (Å²) in [7, 11) is 1.65. The van der Waals surface area contributed by atoms with Crippen molar-refractivity contribution in [2.45, 2.75) is 0 Å². The van der Waals surface area contributed by atoms with E-state index < -0.39 is 6.89 Å². The molecule has 5 rings (SSSR count). The lowest BCUT2D eigenvalue weighted by atomic mass is 9.97. The number of ketones is 1. The monoisotopic (exact) mass is 486 g/mol. The number of methoxy groups -OCH3 is 1. The van der Waals surface area contributed by atoms with Gasteiger partial charge in [0, 0.05) is 5.56 Å². The first-order chi connectivity index (χ1) is 17.7. The zero-order valence-corrected chi connectivity index (χ0v) is 21.0. The highest BCUT2D eigenvalue weighted by Gasteiger charge is 2.27. The average Bonchev–Trinajstić information content (AvgIpc) is 2.97. The van der Waals surface area contributed by atoms with Crippen molar-refractivity contribution < 1.29 is 9.53 Å². The summed E-state index contributed by atoms with van der Waals surface area (Å²) in [6, 6.07) is 47.0. The van der Waals surface area contributed by atoms with E-state index in [1.165, 1.54) is 0 Å². The Morgan fingerprint density at radius 3 is 1.50 bits per heavy atom. The van der Waals surface area contributed by atoms with Gasteiger partial charge in [0.1, 0.15) is 5.75 Å². The molecule has 0 N–H and O–H groups in total. The van der Waals surface area contributed by atoms with Gasteiger partial charge in [0.05, 0.1) is 7.11 Å². The van der Waals surface area contributed by atoms with Crippen molar-refractivity contribution >= 4 is 34.4 Å². The Hall–Kier alpha value is -4.13. The quantitative estimate of drug-likeness (QED) is 0.198. The molecule has 0 atom stereocenters. The number of benzene rings is 5.